The van der Waals surface area contributed by atoms with Crippen LogP contribution in [0.5, 0.6) is 0 Å². The predicted molar refractivity (Wildman–Crippen MR) is 57.0 cm³/mol. The zero-order valence-corrected chi connectivity index (χ0v) is 9.32. The molecular formula is C11H8ClF4N. The monoisotopic (exact) mass is 265 g/mol. The van der Waals surface area contributed by atoms with Gasteiger partial charge in [0.05, 0.1) is 11.1 Å². The van der Waals surface area contributed by atoms with Crippen LogP contribution in [0.2, 0.25) is 5.02 Å². The summed E-state index contributed by atoms with van der Waals surface area (Å²) >= 11 is 5.46. The Morgan fingerprint density at radius 2 is 1.94 bits per heavy atom. The van der Waals surface area contributed by atoms with E-state index in [4.69, 9.17) is 11.6 Å². The van der Waals surface area contributed by atoms with Gasteiger partial charge in [0.25, 0.3) is 0 Å². The lowest BCUT2D eigenvalue weighted by atomic mass is 10.1. The number of aliphatic imine (C=N–C) groups is 1. The maximum atomic E-state index is 13.5. The molecule has 0 amide bonds. The summed E-state index contributed by atoms with van der Waals surface area (Å²) in [6, 6.07) is 3.17. The Balaban J connectivity index is 2.49. The van der Waals surface area contributed by atoms with Crippen molar-refractivity contribution in [2.24, 2.45) is 4.99 Å². The van der Waals surface area contributed by atoms with E-state index >= 15 is 0 Å². The molecule has 1 aliphatic rings. The van der Waals surface area contributed by atoms with Gasteiger partial charge in [-0.05, 0) is 25.0 Å². The lowest BCUT2D eigenvalue weighted by molar-refractivity contribution is -0.0584. The third-order valence-electron chi connectivity index (χ3n) is 2.33. The Morgan fingerprint density at radius 3 is 2.47 bits per heavy atom. The van der Waals surface area contributed by atoms with Crippen LogP contribution in [0.3, 0.4) is 0 Å². The first-order chi connectivity index (χ1) is 7.89. The van der Waals surface area contributed by atoms with Gasteiger partial charge in [0.2, 0.25) is 0 Å². The molecule has 1 fully saturated rings. The molecule has 0 N–H and O–H groups in total. The normalized spacial score (nSPS) is 17.4. The molecule has 0 saturated heterocycles. The second-order valence-electron chi connectivity index (χ2n) is 3.81. The summed E-state index contributed by atoms with van der Waals surface area (Å²) in [5.74, 6) is -1.08. The largest absolute Gasteiger partial charge is 0.433 e. The molecule has 1 saturated carbocycles. The average Bonchev–Trinajstić information content (AvgIpc) is 3.01. The van der Waals surface area contributed by atoms with E-state index in [0.717, 1.165) is 6.07 Å². The number of halogens is 5. The summed E-state index contributed by atoms with van der Waals surface area (Å²) in [5.41, 5.74) is -1.77. The van der Waals surface area contributed by atoms with Crippen molar-refractivity contribution in [3.8, 4) is 0 Å². The van der Waals surface area contributed by atoms with Crippen molar-refractivity contribution in [1.82, 2.24) is 0 Å². The highest BCUT2D eigenvalue weighted by molar-refractivity contribution is 6.31. The summed E-state index contributed by atoms with van der Waals surface area (Å²) in [5, 5.41) is -0.338. The first-order valence-corrected chi connectivity index (χ1v) is 5.37. The SMILES string of the molecule is Fc1c(Cl)cccc1/C(=N\C1CC1)C(F)(F)F. The fourth-order valence-corrected chi connectivity index (χ4v) is 1.54. The van der Waals surface area contributed by atoms with Gasteiger partial charge in [0, 0.05) is 5.56 Å². The molecule has 0 heterocycles. The molecule has 6 heteroatoms. The summed E-state index contributed by atoms with van der Waals surface area (Å²) in [6.07, 6.45) is -3.45. The van der Waals surface area contributed by atoms with Gasteiger partial charge in [0.15, 0.2) is 5.82 Å². The quantitative estimate of drug-likeness (QED) is 0.566. The highest BCUT2D eigenvalue weighted by atomic mass is 35.5. The van der Waals surface area contributed by atoms with Crippen LogP contribution in [-0.2, 0) is 0 Å². The predicted octanol–water partition coefficient (Wildman–Crippen LogP) is 3.99. The second-order valence-corrected chi connectivity index (χ2v) is 4.22. The van der Waals surface area contributed by atoms with Gasteiger partial charge in [-0.25, -0.2) is 4.39 Å². The highest BCUT2D eigenvalue weighted by Crippen LogP contribution is 2.31. The molecule has 1 aromatic carbocycles. The van der Waals surface area contributed by atoms with Crippen LogP contribution < -0.4 is 0 Å². The summed E-state index contributed by atoms with van der Waals surface area (Å²) in [4.78, 5) is 3.52. The Kier molecular flexibility index (Phi) is 3.12. The van der Waals surface area contributed by atoms with E-state index in [1.165, 1.54) is 12.1 Å². The number of benzene rings is 1. The van der Waals surface area contributed by atoms with E-state index in [9.17, 15) is 17.6 Å². The number of hydrogen-bond donors (Lipinski definition) is 0. The molecule has 1 aliphatic carbocycles. The zero-order valence-electron chi connectivity index (χ0n) is 8.56. The Morgan fingerprint density at radius 1 is 1.29 bits per heavy atom. The van der Waals surface area contributed by atoms with Crippen molar-refractivity contribution in [3.63, 3.8) is 0 Å². The van der Waals surface area contributed by atoms with Crippen molar-refractivity contribution in [2.45, 2.75) is 25.1 Å². The fourth-order valence-electron chi connectivity index (χ4n) is 1.37. The third kappa shape index (κ3) is 2.77. The van der Waals surface area contributed by atoms with Gasteiger partial charge in [-0.2, -0.15) is 13.2 Å². The average molecular weight is 266 g/mol. The van der Waals surface area contributed by atoms with E-state index in [2.05, 4.69) is 4.99 Å². The van der Waals surface area contributed by atoms with E-state index in [1.54, 1.807) is 0 Å². The molecular weight excluding hydrogens is 258 g/mol. The van der Waals surface area contributed by atoms with Crippen molar-refractivity contribution in [2.75, 3.05) is 0 Å². The second kappa shape index (κ2) is 4.29. The molecule has 17 heavy (non-hydrogen) atoms. The molecule has 0 radical (unpaired) electrons. The van der Waals surface area contributed by atoms with Crippen molar-refractivity contribution >= 4 is 17.3 Å². The lowest BCUT2D eigenvalue weighted by Gasteiger charge is -2.12. The van der Waals surface area contributed by atoms with Crippen LogP contribution in [-0.4, -0.2) is 17.9 Å². The standard InChI is InChI=1S/C11H8ClF4N/c12-8-3-1-2-7(9(8)13)10(11(14,15)16)17-6-4-5-6/h1-3,6H,4-5H2/b17-10+. The maximum absolute atomic E-state index is 13.5. The zero-order chi connectivity index (χ0) is 12.6. The van der Waals surface area contributed by atoms with E-state index in [0.29, 0.717) is 12.8 Å². The number of hydrogen-bond acceptors (Lipinski definition) is 1. The van der Waals surface area contributed by atoms with Gasteiger partial charge in [0.1, 0.15) is 5.71 Å². The summed E-state index contributed by atoms with van der Waals surface area (Å²) in [7, 11) is 0. The smallest absolute Gasteiger partial charge is 0.277 e. The minimum atomic E-state index is -4.67. The van der Waals surface area contributed by atoms with Crippen LogP contribution in [0.25, 0.3) is 0 Å². The minimum absolute atomic E-state index is 0.338. The molecule has 2 rings (SSSR count). The molecule has 0 unspecified atom stereocenters. The first kappa shape index (κ1) is 12.4. The minimum Gasteiger partial charge on any atom is -0.277 e. The van der Waals surface area contributed by atoms with Crippen molar-refractivity contribution in [3.05, 3.63) is 34.6 Å². The van der Waals surface area contributed by atoms with Crippen molar-refractivity contribution < 1.29 is 17.6 Å². The maximum Gasteiger partial charge on any atom is 0.433 e. The fraction of sp³-hybridized carbons (Fsp3) is 0.364. The molecule has 0 bridgehead atoms. The van der Waals surface area contributed by atoms with E-state index in [-0.39, 0.29) is 11.1 Å². The Bertz CT molecular complexity index is 463. The lowest BCUT2D eigenvalue weighted by Crippen LogP contribution is -2.25. The molecule has 0 aliphatic heterocycles. The van der Waals surface area contributed by atoms with Crippen LogP contribution in [0.1, 0.15) is 18.4 Å². The van der Waals surface area contributed by atoms with E-state index < -0.39 is 23.3 Å². The van der Waals surface area contributed by atoms with Gasteiger partial charge < -0.3 is 0 Å². The van der Waals surface area contributed by atoms with Crippen LogP contribution >= 0.6 is 11.6 Å². The van der Waals surface area contributed by atoms with Gasteiger partial charge in [-0.1, -0.05) is 17.7 Å². The first-order valence-electron chi connectivity index (χ1n) is 4.99. The molecule has 92 valence electrons. The molecule has 0 spiro atoms. The number of alkyl halides is 3. The topological polar surface area (TPSA) is 12.4 Å². The van der Waals surface area contributed by atoms with Gasteiger partial charge in [-0.15, -0.1) is 0 Å². The molecule has 0 aromatic heterocycles. The number of nitrogens with zero attached hydrogens (tertiary/aromatic N) is 1. The molecule has 1 nitrogen and oxygen atoms in total. The van der Waals surface area contributed by atoms with E-state index in [1.807, 2.05) is 0 Å². The van der Waals surface area contributed by atoms with Crippen LogP contribution in [0, 0.1) is 5.82 Å². The molecule has 1 aromatic rings. The third-order valence-corrected chi connectivity index (χ3v) is 2.63. The van der Waals surface area contributed by atoms with Crippen molar-refractivity contribution in [1.29, 1.82) is 0 Å². The highest BCUT2D eigenvalue weighted by Gasteiger charge is 2.40. The number of rotatable bonds is 2. The molecule has 0 atom stereocenters. The van der Waals surface area contributed by atoms with Crippen LogP contribution in [0.15, 0.2) is 23.2 Å². The Hall–Kier alpha value is -1.10. The van der Waals surface area contributed by atoms with Crippen LogP contribution in [0.4, 0.5) is 17.6 Å². The van der Waals surface area contributed by atoms with Gasteiger partial charge >= 0.3 is 6.18 Å². The Labute approximate surface area is 100 Å². The summed E-state index contributed by atoms with van der Waals surface area (Å²) < 4.78 is 51.8. The van der Waals surface area contributed by atoms with Gasteiger partial charge in [-0.3, -0.25) is 4.99 Å². The summed E-state index contributed by atoms with van der Waals surface area (Å²) in [6.45, 7) is 0.